The van der Waals surface area contributed by atoms with Gasteiger partial charge in [0.1, 0.15) is 5.76 Å². The van der Waals surface area contributed by atoms with Crippen LogP contribution in [0.4, 0.5) is 0 Å². The van der Waals surface area contributed by atoms with Crippen molar-refractivity contribution in [3.63, 3.8) is 0 Å². The van der Waals surface area contributed by atoms with E-state index in [0.29, 0.717) is 0 Å². The van der Waals surface area contributed by atoms with Gasteiger partial charge in [0, 0.05) is 48.9 Å². The standard InChI is InChI=1S/C30H20N.C11H20O2.Ir/c1-30(2)26-16-20-9-4-3-8-19(20)15-25(26)29-28-23(13-14-31-29)22-12-11-18-7-5-6-10-21(18)24(22)17-27(28)30;1-10(2,3)8(12)7-9(13)11(4,5)6;/h3-14,16-17H,1-2H3;7,12H,1-6H3;/q-1;;/b;8-7-;. The summed E-state index contributed by atoms with van der Waals surface area (Å²) in [6.07, 6.45) is 3.29. The van der Waals surface area contributed by atoms with Crippen molar-refractivity contribution >= 4 is 48.9 Å². The van der Waals surface area contributed by atoms with E-state index in [1.54, 1.807) is 0 Å². The minimum Gasteiger partial charge on any atom is -0.512 e. The second-order valence-corrected chi connectivity index (χ2v) is 14.6. The average molecular weight is 771 g/mol. The summed E-state index contributed by atoms with van der Waals surface area (Å²) >= 11 is 0. The molecule has 0 atom stereocenters. The molecule has 231 valence electrons. The largest absolute Gasteiger partial charge is 0.512 e. The summed E-state index contributed by atoms with van der Waals surface area (Å²) in [5.74, 6) is 0.104. The minimum atomic E-state index is -0.417. The molecule has 1 N–H and O–H groups in total. The Bertz CT molecular complexity index is 2140. The summed E-state index contributed by atoms with van der Waals surface area (Å²) in [6, 6.07) is 32.4. The van der Waals surface area contributed by atoms with Crippen molar-refractivity contribution in [3.05, 3.63) is 114 Å². The average Bonchev–Trinajstić information content (AvgIpc) is 2.98. The molecule has 1 aromatic heterocycles. The number of hydrogen-bond donors (Lipinski definition) is 1. The maximum absolute atomic E-state index is 11.5. The maximum Gasteiger partial charge on any atom is 0.164 e. The van der Waals surface area contributed by atoms with Gasteiger partial charge in [-0.3, -0.25) is 9.78 Å². The van der Waals surface area contributed by atoms with Crippen molar-refractivity contribution in [3.8, 4) is 11.3 Å². The molecular weight excluding hydrogens is 731 g/mol. The van der Waals surface area contributed by atoms with Crippen LogP contribution in [0.15, 0.2) is 96.9 Å². The Morgan fingerprint density at radius 2 is 1.42 bits per heavy atom. The molecular formula is C41H40IrNO2-. The number of pyridine rings is 1. The van der Waals surface area contributed by atoms with Crippen molar-refractivity contribution in [1.29, 1.82) is 0 Å². The van der Waals surface area contributed by atoms with Gasteiger partial charge >= 0.3 is 0 Å². The quantitative estimate of drug-likeness (QED) is 0.0784. The van der Waals surface area contributed by atoms with Gasteiger partial charge in [-0.1, -0.05) is 133 Å². The fraction of sp³-hybridized carbons (Fsp3) is 0.268. The van der Waals surface area contributed by atoms with Crippen LogP contribution in [0.5, 0.6) is 0 Å². The molecule has 0 saturated heterocycles. The molecule has 1 aliphatic rings. The molecule has 0 bridgehead atoms. The van der Waals surface area contributed by atoms with Gasteiger partial charge in [0.25, 0.3) is 0 Å². The monoisotopic (exact) mass is 771 g/mol. The van der Waals surface area contributed by atoms with Crippen LogP contribution in [0.25, 0.3) is 54.3 Å². The van der Waals surface area contributed by atoms with Crippen molar-refractivity contribution < 1.29 is 30.0 Å². The van der Waals surface area contributed by atoms with Gasteiger partial charge in [-0.15, -0.1) is 23.6 Å². The zero-order valence-electron chi connectivity index (χ0n) is 27.3. The number of aliphatic hydroxyl groups is 1. The van der Waals surface area contributed by atoms with Crippen LogP contribution in [0.1, 0.15) is 66.5 Å². The summed E-state index contributed by atoms with van der Waals surface area (Å²) < 4.78 is 0. The van der Waals surface area contributed by atoms with E-state index in [1.165, 1.54) is 54.9 Å². The van der Waals surface area contributed by atoms with Gasteiger partial charge in [0.2, 0.25) is 0 Å². The number of benzene rings is 5. The first kappa shape index (κ1) is 32.5. The Morgan fingerprint density at radius 1 is 0.756 bits per heavy atom. The predicted octanol–water partition coefficient (Wildman–Crippen LogP) is 10.9. The molecule has 3 nitrogen and oxygen atoms in total. The van der Waals surface area contributed by atoms with E-state index in [4.69, 9.17) is 4.98 Å². The minimum absolute atomic E-state index is 0. The number of aliphatic hydroxyl groups excluding tert-OH is 1. The van der Waals surface area contributed by atoms with E-state index in [0.717, 1.165) is 16.6 Å². The van der Waals surface area contributed by atoms with E-state index in [2.05, 4.69) is 98.8 Å². The second-order valence-electron chi connectivity index (χ2n) is 14.6. The number of ketones is 1. The van der Waals surface area contributed by atoms with E-state index in [1.807, 2.05) is 47.7 Å². The van der Waals surface area contributed by atoms with Gasteiger partial charge in [-0.05, 0) is 49.4 Å². The first-order chi connectivity index (χ1) is 20.7. The molecule has 4 heteroatoms. The summed E-state index contributed by atoms with van der Waals surface area (Å²) in [7, 11) is 0. The summed E-state index contributed by atoms with van der Waals surface area (Å²) in [5, 5.41) is 19.7. The Balaban J connectivity index is 0.000000246. The Kier molecular flexibility index (Phi) is 8.32. The maximum atomic E-state index is 11.5. The summed E-state index contributed by atoms with van der Waals surface area (Å²) in [5.41, 5.74) is 3.95. The van der Waals surface area contributed by atoms with Crippen LogP contribution in [-0.2, 0) is 30.3 Å². The van der Waals surface area contributed by atoms with Gasteiger partial charge in [-0.25, -0.2) is 0 Å². The Morgan fingerprint density at radius 3 is 2.11 bits per heavy atom. The number of aromatic nitrogens is 1. The smallest absolute Gasteiger partial charge is 0.164 e. The first-order valence-electron chi connectivity index (χ1n) is 15.3. The number of fused-ring (bicyclic) bond motifs is 7. The third-order valence-electron chi connectivity index (χ3n) is 8.92. The fourth-order valence-corrected chi connectivity index (χ4v) is 6.09. The van der Waals surface area contributed by atoms with Crippen molar-refractivity contribution in [2.75, 3.05) is 0 Å². The van der Waals surface area contributed by atoms with Gasteiger partial charge in [0.05, 0.1) is 0 Å². The van der Waals surface area contributed by atoms with Crippen molar-refractivity contribution in [2.24, 2.45) is 10.8 Å². The normalized spacial score (nSPS) is 14.1. The van der Waals surface area contributed by atoms with E-state index in [-0.39, 0.29) is 42.5 Å². The molecule has 5 aromatic carbocycles. The number of carbonyl (C=O) groups is 1. The Hall–Kier alpha value is -3.85. The Labute approximate surface area is 279 Å². The van der Waals surface area contributed by atoms with Gasteiger partial charge in [-0.2, -0.15) is 0 Å². The molecule has 0 fully saturated rings. The second kappa shape index (κ2) is 11.5. The van der Waals surface area contributed by atoms with E-state index < -0.39 is 5.41 Å². The molecule has 1 aliphatic carbocycles. The van der Waals surface area contributed by atoms with E-state index >= 15 is 0 Å². The van der Waals surface area contributed by atoms with Gasteiger partial charge in [0.15, 0.2) is 5.78 Å². The SMILES string of the molecule is CC(C)(C)C(=O)/C=C(\O)C(C)(C)C.CC1(C)c2cc3ccccc3[c-]c2-c2nccc3c2c1cc1c2ccccc2ccc31.[Ir]. The zero-order valence-corrected chi connectivity index (χ0v) is 29.7. The van der Waals surface area contributed by atoms with Crippen LogP contribution < -0.4 is 0 Å². The van der Waals surface area contributed by atoms with E-state index in [9.17, 15) is 9.90 Å². The molecule has 0 saturated carbocycles. The molecule has 1 heterocycles. The topological polar surface area (TPSA) is 50.2 Å². The van der Waals surface area contributed by atoms with Crippen LogP contribution in [0.2, 0.25) is 0 Å². The predicted molar refractivity (Wildman–Crippen MR) is 185 cm³/mol. The number of hydrogen-bond acceptors (Lipinski definition) is 3. The molecule has 1 radical (unpaired) electrons. The number of allylic oxidation sites excluding steroid dienone is 2. The molecule has 7 rings (SSSR count). The number of rotatable bonds is 1. The molecule has 0 unspecified atom stereocenters. The van der Waals surface area contributed by atoms with Gasteiger partial charge < -0.3 is 5.11 Å². The van der Waals surface area contributed by atoms with Crippen LogP contribution in [0.3, 0.4) is 0 Å². The molecule has 0 aliphatic heterocycles. The molecule has 6 aromatic rings. The number of nitrogens with zero attached hydrogens (tertiary/aromatic N) is 1. The third-order valence-corrected chi connectivity index (χ3v) is 8.92. The first-order valence-corrected chi connectivity index (χ1v) is 15.3. The van der Waals surface area contributed by atoms with Crippen molar-refractivity contribution in [2.45, 2.75) is 60.8 Å². The number of carbonyl (C=O) groups excluding carboxylic acids is 1. The summed E-state index contributed by atoms with van der Waals surface area (Å²) in [6.45, 7) is 15.8. The summed E-state index contributed by atoms with van der Waals surface area (Å²) in [4.78, 5) is 16.4. The van der Waals surface area contributed by atoms with Crippen molar-refractivity contribution in [1.82, 2.24) is 4.98 Å². The molecule has 45 heavy (non-hydrogen) atoms. The molecule has 0 spiro atoms. The fourth-order valence-electron chi connectivity index (χ4n) is 6.09. The van der Waals surface area contributed by atoms with Crippen LogP contribution >= 0.6 is 0 Å². The molecule has 0 amide bonds. The van der Waals surface area contributed by atoms with Crippen LogP contribution in [0, 0.1) is 16.9 Å². The third kappa shape index (κ3) is 5.71. The van der Waals surface area contributed by atoms with Crippen LogP contribution in [-0.4, -0.2) is 15.9 Å². The zero-order chi connectivity index (χ0) is 31.6.